The summed E-state index contributed by atoms with van der Waals surface area (Å²) in [5, 5.41) is 0.0650. The summed E-state index contributed by atoms with van der Waals surface area (Å²) < 4.78 is 33.0. The summed E-state index contributed by atoms with van der Waals surface area (Å²) >= 11 is 6.25. The van der Waals surface area contributed by atoms with E-state index >= 15 is 0 Å². The Hall–Kier alpha value is -2.58. The molecule has 0 atom stereocenters. The highest BCUT2D eigenvalue weighted by Gasteiger charge is 2.33. The second-order valence-corrected chi connectivity index (χ2v) is 12.3. The summed E-state index contributed by atoms with van der Waals surface area (Å²) in [4.78, 5) is 28.2. The topological polar surface area (TPSA) is 84.0 Å². The van der Waals surface area contributed by atoms with Crippen molar-refractivity contribution in [3.05, 3.63) is 59.1 Å². The van der Waals surface area contributed by atoms with E-state index in [1.165, 1.54) is 38.1 Å². The molecule has 9 heteroatoms. The average Bonchev–Trinajstić information content (AvgIpc) is 2.93. The third-order valence-corrected chi connectivity index (χ3v) is 9.60. The minimum absolute atomic E-state index is 0.0650. The van der Waals surface area contributed by atoms with Crippen LogP contribution in [0.5, 0.6) is 0 Å². The number of nitrogens with zero attached hydrogens (tertiary/aromatic N) is 2. The van der Waals surface area contributed by atoms with Crippen molar-refractivity contribution < 1.29 is 22.7 Å². The number of benzene rings is 2. The van der Waals surface area contributed by atoms with Crippen LogP contribution < -0.4 is 4.31 Å². The molecule has 0 saturated heterocycles. The normalized spacial score (nSPS) is 17.2. The summed E-state index contributed by atoms with van der Waals surface area (Å²) in [6.45, 7) is -0.386. The molecule has 7 nitrogen and oxygen atoms in total. The Bertz CT molecular complexity index is 1170. The highest BCUT2D eigenvalue weighted by atomic mass is 35.5. The van der Waals surface area contributed by atoms with Gasteiger partial charge in [-0.25, -0.2) is 13.2 Å². The Labute approximate surface area is 224 Å². The molecule has 0 bridgehead atoms. The fraction of sp³-hybridized carbons (Fsp3) is 0.500. The molecule has 2 aliphatic rings. The first-order chi connectivity index (χ1) is 17.8. The van der Waals surface area contributed by atoms with Gasteiger partial charge in [-0.3, -0.25) is 9.10 Å². The van der Waals surface area contributed by atoms with Crippen LogP contribution in [0.3, 0.4) is 0 Å². The smallest absolute Gasteiger partial charge is 0.340 e. The first-order valence-corrected chi connectivity index (χ1v) is 14.9. The number of sulfonamides is 1. The van der Waals surface area contributed by atoms with Crippen molar-refractivity contribution in [1.29, 1.82) is 0 Å². The first kappa shape index (κ1) is 27.5. The molecule has 0 aromatic heterocycles. The van der Waals surface area contributed by atoms with Crippen LogP contribution in [-0.4, -0.2) is 50.9 Å². The van der Waals surface area contributed by atoms with E-state index in [9.17, 15) is 18.0 Å². The number of hydrogen-bond acceptors (Lipinski definition) is 5. The van der Waals surface area contributed by atoms with Gasteiger partial charge in [0.2, 0.25) is 0 Å². The van der Waals surface area contributed by atoms with Gasteiger partial charge in [0.05, 0.1) is 21.2 Å². The van der Waals surface area contributed by atoms with E-state index in [2.05, 4.69) is 0 Å². The van der Waals surface area contributed by atoms with Crippen LogP contribution >= 0.6 is 11.6 Å². The van der Waals surface area contributed by atoms with E-state index < -0.39 is 16.0 Å². The standard InChI is InChI=1S/C28H35ClN2O5S/c1-30(21-11-5-2-6-12-21)37(34,35)24-17-18-26(29)25(19-24)28(33)36-20-27(32)31(22-13-7-3-8-14-22)23-15-9-4-10-16-23/h2,5-6,11-12,17-19,22-23H,3-4,7-10,13-16,20H2,1H3. The van der Waals surface area contributed by atoms with E-state index in [4.69, 9.17) is 16.3 Å². The van der Waals surface area contributed by atoms with Crippen molar-refractivity contribution in [2.45, 2.75) is 81.2 Å². The van der Waals surface area contributed by atoms with E-state index in [0.717, 1.165) is 55.7 Å². The minimum Gasteiger partial charge on any atom is -0.452 e. The Morgan fingerprint density at radius 3 is 2.03 bits per heavy atom. The van der Waals surface area contributed by atoms with Gasteiger partial charge in [0.1, 0.15) is 0 Å². The maximum Gasteiger partial charge on any atom is 0.340 e. The third kappa shape index (κ3) is 6.47. The summed E-state index contributed by atoms with van der Waals surface area (Å²) in [5.41, 5.74) is 0.400. The Morgan fingerprint density at radius 2 is 1.46 bits per heavy atom. The number of hydrogen-bond donors (Lipinski definition) is 0. The highest BCUT2D eigenvalue weighted by molar-refractivity contribution is 7.92. The van der Waals surface area contributed by atoms with Crippen LogP contribution in [0, 0.1) is 0 Å². The Kier molecular flexibility index (Phi) is 9.13. The molecule has 2 aromatic rings. The predicted octanol–water partition coefficient (Wildman–Crippen LogP) is 5.82. The van der Waals surface area contributed by atoms with E-state index in [1.807, 2.05) is 4.90 Å². The van der Waals surface area contributed by atoms with E-state index in [0.29, 0.717) is 5.69 Å². The zero-order valence-electron chi connectivity index (χ0n) is 21.3. The molecule has 2 fully saturated rings. The first-order valence-electron chi connectivity index (χ1n) is 13.1. The van der Waals surface area contributed by atoms with Crippen molar-refractivity contribution in [3.63, 3.8) is 0 Å². The zero-order chi connectivity index (χ0) is 26.4. The average molecular weight is 547 g/mol. The number of ether oxygens (including phenoxy) is 1. The highest BCUT2D eigenvalue weighted by Crippen LogP contribution is 2.31. The number of rotatable bonds is 8. The third-order valence-electron chi connectivity index (χ3n) is 7.49. The number of esters is 1. The molecular formula is C28H35ClN2O5S. The minimum atomic E-state index is -3.95. The van der Waals surface area contributed by atoms with Crippen LogP contribution in [0.1, 0.15) is 74.6 Å². The molecule has 0 heterocycles. The van der Waals surface area contributed by atoms with Crippen LogP contribution in [0.2, 0.25) is 5.02 Å². The lowest BCUT2D eigenvalue weighted by atomic mass is 9.88. The Morgan fingerprint density at radius 1 is 0.892 bits per heavy atom. The van der Waals surface area contributed by atoms with Gasteiger partial charge in [-0.15, -0.1) is 0 Å². The molecular weight excluding hydrogens is 512 g/mol. The predicted molar refractivity (Wildman–Crippen MR) is 144 cm³/mol. The quantitative estimate of drug-likeness (QED) is 0.390. The summed E-state index contributed by atoms with van der Waals surface area (Å²) in [5.74, 6) is -0.999. The molecule has 2 aromatic carbocycles. The van der Waals surface area contributed by atoms with Gasteiger partial charge < -0.3 is 9.64 Å². The molecule has 0 aliphatic heterocycles. The lowest BCUT2D eigenvalue weighted by Crippen LogP contribution is -2.50. The summed E-state index contributed by atoms with van der Waals surface area (Å²) in [7, 11) is -2.50. The van der Waals surface area contributed by atoms with Gasteiger partial charge in [0, 0.05) is 19.1 Å². The number of halogens is 1. The van der Waals surface area contributed by atoms with Crippen molar-refractivity contribution >= 4 is 39.2 Å². The number of anilines is 1. The zero-order valence-corrected chi connectivity index (χ0v) is 22.8. The Balaban J connectivity index is 1.48. The van der Waals surface area contributed by atoms with Crippen LogP contribution in [0.25, 0.3) is 0 Å². The van der Waals surface area contributed by atoms with Crippen molar-refractivity contribution in [3.8, 4) is 0 Å². The maximum atomic E-state index is 13.3. The van der Waals surface area contributed by atoms with Gasteiger partial charge in [0.25, 0.3) is 15.9 Å². The van der Waals surface area contributed by atoms with Crippen molar-refractivity contribution in [1.82, 2.24) is 4.90 Å². The molecule has 0 spiro atoms. The van der Waals surface area contributed by atoms with Crippen molar-refractivity contribution in [2.75, 3.05) is 18.0 Å². The molecule has 0 N–H and O–H groups in total. The number of amides is 1. The lowest BCUT2D eigenvalue weighted by Gasteiger charge is -2.41. The van der Waals surface area contributed by atoms with Crippen LogP contribution in [0.15, 0.2) is 53.4 Å². The van der Waals surface area contributed by atoms with Gasteiger partial charge in [0.15, 0.2) is 6.61 Å². The molecule has 37 heavy (non-hydrogen) atoms. The number of para-hydroxylation sites is 1. The van der Waals surface area contributed by atoms with Gasteiger partial charge in [-0.05, 0) is 56.0 Å². The molecule has 200 valence electrons. The molecule has 4 rings (SSSR count). The van der Waals surface area contributed by atoms with Crippen LogP contribution in [0.4, 0.5) is 5.69 Å². The SMILES string of the molecule is CN(c1ccccc1)S(=O)(=O)c1ccc(Cl)c(C(=O)OCC(=O)N(C2CCCCC2)C2CCCCC2)c1. The molecule has 0 unspecified atom stereocenters. The van der Waals surface area contributed by atoms with Gasteiger partial charge in [-0.2, -0.15) is 0 Å². The maximum absolute atomic E-state index is 13.3. The number of carbonyl (C=O) groups excluding carboxylic acids is 2. The second-order valence-electron chi connectivity index (χ2n) is 9.91. The van der Waals surface area contributed by atoms with E-state index in [-0.39, 0.29) is 40.1 Å². The molecule has 0 radical (unpaired) electrons. The fourth-order valence-corrected chi connectivity index (χ4v) is 6.88. The van der Waals surface area contributed by atoms with Crippen molar-refractivity contribution in [2.24, 2.45) is 0 Å². The summed E-state index contributed by atoms with van der Waals surface area (Å²) in [6.07, 6.45) is 10.7. The largest absolute Gasteiger partial charge is 0.452 e. The molecule has 2 saturated carbocycles. The molecule has 2 aliphatic carbocycles. The van der Waals surface area contributed by atoms with Crippen LogP contribution in [-0.2, 0) is 19.6 Å². The summed E-state index contributed by atoms with van der Waals surface area (Å²) in [6, 6.07) is 12.9. The van der Waals surface area contributed by atoms with E-state index in [1.54, 1.807) is 30.3 Å². The molecule has 1 amide bonds. The van der Waals surface area contributed by atoms with Gasteiger partial charge >= 0.3 is 5.97 Å². The van der Waals surface area contributed by atoms with Gasteiger partial charge in [-0.1, -0.05) is 68.3 Å². The fourth-order valence-electron chi connectivity index (χ4n) is 5.46. The second kappa shape index (κ2) is 12.3. The monoisotopic (exact) mass is 546 g/mol. The lowest BCUT2D eigenvalue weighted by molar-refractivity contribution is -0.141. The number of carbonyl (C=O) groups is 2.